The molecule has 0 aromatic carbocycles. The van der Waals surface area contributed by atoms with E-state index in [9.17, 15) is 0 Å². The molecule has 1 saturated heterocycles. The van der Waals surface area contributed by atoms with Gasteiger partial charge in [-0.15, -0.1) is 5.10 Å². The molecule has 0 saturated carbocycles. The molecule has 2 aromatic rings. The monoisotopic (exact) mass is 273 g/mol. The Bertz CT molecular complexity index is 569. The average Bonchev–Trinajstić information content (AvgIpc) is 2.91. The molecule has 0 spiro atoms. The van der Waals surface area contributed by atoms with Crippen LogP contribution in [0.2, 0.25) is 0 Å². The van der Waals surface area contributed by atoms with Gasteiger partial charge in [0.1, 0.15) is 0 Å². The molecule has 1 N–H and O–H groups in total. The number of hydrogen-bond donors (Lipinski definition) is 1. The molecule has 2 aromatic heterocycles. The standard InChI is InChI=1S/C15H23N5/c1-12-4-3-5-14-17-15(18-20(12)14)19-10-7-13(8-11-19)6-9-16-2/h3-5,13,16H,6-11H2,1-2H3. The average molecular weight is 273 g/mol. The highest BCUT2D eigenvalue weighted by atomic mass is 15.4. The minimum atomic E-state index is 0.845. The van der Waals surface area contributed by atoms with Gasteiger partial charge in [-0.3, -0.25) is 0 Å². The van der Waals surface area contributed by atoms with E-state index in [0.717, 1.165) is 42.8 Å². The largest absolute Gasteiger partial charge is 0.339 e. The van der Waals surface area contributed by atoms with Gasteiger partial charge in [-0.1, -0.05) is 6.07 Å². The van der Waals surface area contributed by atoms with E-state index >= 15 is 0 Å². The van der Waals surface area contributed by atoms with Gasteiger partial charge in [-0.2, -0.15) is 4.98 Å². The molecule has 3 rings (SSSR count). The van der Waals surface area contributed by atoms with Gasteiger partial charge in [0.25, 0.3) is 0 Å². The first-order chi connectivity index (χ1) is 9.78. The Balaban J connectivity index is 1.69. The summed E-state index contributed by atoms with van der Waals surface area (Å²) in [4.78, 5) is 6.97. The normalized spacial score (nSPS) is 17.0. The Morgan fingerprint density at radius 2 is 2.10 bits per heavy atom. The third kappa shape index (κ3) is 2.63. The van der Waals surface area contributed by atoms with Gasteiger partial charge in [0.2, 0.25) is 5.95 Å². The van der Waals surface area contributed by atoms with E-state index in [-0.39, 0.29) is 0 Å². The highest BCUT2D eigenvalue weighted by Gasteiger charge is 2.21. The third-order valence-corrected chi connectivity index (χ3v) is 4.24. The molecule has 108 valence electrons. The highest BCUT2D eigenvalue weighted by molar-refractivity contribution is 5.45. The van der Waals surface area contributed by atoms with Gasteiger partial charge < -0.3 is 10.2 Å². The van der Waals surface area contributed by atoms with Crippen LogP contribution in [0.4, 0.5) is 5.95 Å². The van der Waals surface area contributed by atoms with E-state index in [1.807, 2.05) is 23.7 Å². The number of aromatic nitrogens is 3. The molecule has 0 amide bonds. The molecule has 0 radical (unpaired) electrons. The summed E-state index contributed by atoms with van der Waals surface area (Å²) in [6, 6.07) is 6.12. The topological polar surface area (TPSA) is 45.5 Å². The van der Waals surface area contributed by atoms with E-state index in [1.54, 1.807) is 0 Å². The van der Waals surface area contributed by atoms with Crippen molar-refractivity contribution in [1.82, 2.24) is 19.9 Å². The van der Waals surface area contributed by atoms with E-state index in [4.69, 9.17) is 0 Å². The van der Waals surface area contributed by atoms with Crippen molar-refractivity contribution in [2.24, 2.45) is 5.92 Å². The van der Waals surface area contributed by atoms with Crippen molar-refractivity contribution >= 4 is 11.6 Å². The van der Waals surface area contributed by atoms with Crippen LogP contribution in [0.15, 0.2) is 18.2 Å². The van der Waals surface area contributed by atoms with Crippen LogP contribution in [0.3, 0.4) is 0 Å². The fraction of sp³-hybridized carbons (Fsp3) is 0.600. The minimum absolute atomic E-state index is 0.845. The number of rotatable bonds is 4. The molecular weight excluding hydrogens is 250 g/mol. The van der Waals surface area contributed by atoms with Crippen molar-refractivity contribution in [3.63, 3.8) is 0 Å². The van der Waals surface area contributed by atoms with Crippen LogP contribution in [0.1, 0.15) is 25.0 Å². The third-order valence-electron chi connectivity index (χ3n) is 4.24. The summed E-state index contributed by atoms with van der Waals surface area (Å²) in [5.41, 5.74) is 2.07. The first kappa shape index (κ1) is 13.4. The number of hydrogen-bond acceptors (Lipinski definition) is 4. The number of nitrogens with zero attached hydrogens (tertiary/aromatic N) is 4. The maximum atomic E-state index is 4.65. The fourth-order valence-electron chi connectivity index (χ4n) is 2.93. The maximum Gasteiger partial charge on any atom is 0.245 e. The summed E-state index contributed by atoms with van der Waals surface area (Å²) < 4.78 is 1.93. The molecule has 5 heteroatoms. The maximum absolute atomic E-state index is 4.65. The van der Waals surface area contributed by atoms with Crippen molar-refractivity contribution in [3.8, 4) is 0 Å². The Hall–Kier alpha value is -1.62. The van der Waals surface area contributed by atoms with Crippen LogP contribution < -0.4 is 10.2 Å². The molecule has 1 aliphatic rings. The van der Waals surface area contributed by atoms with E-state index in [0.29, 0.717) is 0 Å². The Labute approximate surface area is 120 Å². The summed E-state index contributed by atoms with van der Waals surface area (Å²) in [6.07, 6.45) is 3.77. The van der Waals surface area contributed by atoms with Crippen molar-refractivity contribution in [1.29, 1.82) is 0 Å². The zero-order chi connectivity index (χ0) is 13.9. The molecule has 1 fully saturated rings. The summed E-state index contributed by atoms with van der Waals surface area (Å²) >= 11 is 0. The highest BCUT2D eigenvalue weighted by Crippen LogP contribution is 2.23. The summed E-state index contributed by atoms with van der Waals surface area (Å²) in [5.74, 6) is 1.73. The number of fused-ring (bicyclic) bond motifs is 1. The van der Waals surface area contributed by atoms with E-state index < -0.39 is 0 Å². The minimum Gasteiger partial charge on any atom is -0.339 e. The van der Waals surface area contributed by atoms with Crippen molar-refractivity contribution in [2.45, 2.75) is 26.2 Å². The Morgan fingerprint density at radius 1 is 1.30 bits per heavy atom. The molecule has 0 bridgehead atoms. The van der Waals surface area contributed by atoms with Crippen molar-refractivity contribution < 1.29 is 0 Å². The second-order valence-electron chi connectivity index (χ2n) is 5.67. The van der Waals surface area contributed by atoms with Gasteiger partial charge in [0, 0.05) is 18.8 Å². The molecule has 0 unspecified atom stereocenters. The second kappa shape index (κ2) is 5.79. The molecule has 20 heavy (non-hydrogen) atoms. The molecule has 5 nitrogen and oxygen atoms in total. The Kier molecular flexibility index (Phi) is 3.87. The lowest BCUT2D eigenvalue weighted by Crippen LogP contribution is -2.35. The van der Waals surface area contributed by atoms with Crippen LogP contribution in [0.5, 0.6) is 0 Å². The second-order valence-corrected chi connectivity index (χ2v) is 5.67. The molecule has 0 aliphatic carbocycles. The first-order valence-electron chi connectivity index (χ1n) is 7.50. The van der Waals surface area contributed by atoms with E-state index in [1.165, 1.54) is 19.3 Å². The summed E-state index contributed by atoms with van der Waals surface area (Å²) in [5, 5.41) is 7.88. The van der Waals surface area contributed by atoms with Gasteiger partial charge >= 0.3 is 0 Å². The lowest BCUT2D eigenvalue weighted by molar-refractivity contribution is 0.376. The predicted molar refractivity (Wildman–Crippen MR) is 81.2 cm³/mol. The summed E-state index contributed by atoms with van der Waals surface area (Å²) in [7, 11) is 2.03. The predicted octanol–water partition coefficient (Wildman–Crippen LogP) is 1.86. The van der Waals surface area contributed by atoms with Crippen molar-refractivity contribution in [2.75, 3.05) is 31.6 Å². The Morgan fingerprint density at radius 3 is 2.80 bits per heavy atom. The summed E-state index contributed by atoms with van der Waals surface area (Å²) in [6.45, 7) is 5.33. The molecule has 3 heterocycles. The van der Waals surface area contributed by atoms with Gasteiger partial charge in [0.05, 0.1) is 0 Å². The zero-order valence-electron chi connectivity index (χ0n) is 12.3. The van der Waals surface area contributed by atoms with Crippen LogP contribution >= 0.6 is 0 Å². The van der Waals surface area contributed by atoms with Crippen LogP contribution in [-0.2, 0) is 0 Å². The first-order valence-corrected chi connectivity index (χ1v) is 7.50. The van der Waals surface area contributed by atoms with Gasteiger partial charge in [-0.25, -0.2) is 4.52 Å². The zero-order valence-corrected chi connectivity index (χ0v) is 12.3. The van der Waals surface area contributed by atoms with Gasteiger partial charge in [0.15, 0.2) is 5.65 Å². The van der Waals surface area contributed by atoms with Crippen LogP contribution in [0.25, 0.3) is 5.65 Å². The van der Waals surface area contributed by atoms with Crippen molar-refractivity contribution in [3.05, 3.63) is 23.9 Å². The smallest absolute Gasteiger partial charge is 0.245 e. The number of nitrogens with one attached hydrogen (secondary N) is 1. The van der Waals surface area contributed by atoms with Crippen LogP contribution in [0, 0.1) is 12.8 Å². The number of anilines is 1. The lowest BCUT2D eigenvalue weighted by atomic mass is 9.94. The fourth-order valence-corrected chi connectivity index (χ4v) is 2.93. The van der Waals surface area contributed by atoms with Gasteiger partial charge in [-0.05, 0) is 57.8 Å². The SMILES string of the molecule is CNCCC1CCN(c2nc3cccc(C)n3n2)CC1. The number of piperidine rings is 1. The number of pyridine rings is 1. The number of aryl methyl sites for hydroxylation is 1. The van der Waals surface area contributed by atoms with Crippen LogP contribution in [-0.4, -0.2) is 41.3 Å². The molecule has 0 atom stereocenters. The molecular formula is C15H23N5. The quantitative estimate of drug-likeness (QED) is 0.923. The molecule has 1 aliphatic heterocycles. The lowest BCUT2D eigenvalue weighted by Gasteiger charge is -2.31. The van der Waals surface area contributed by atoms with E-state index in [2.05, 4.69) is 33.3 Å².